The Morgan fingerprint density at radius 2 is 2.12 bits per heavy atom. The molecule has 0 saturated heterocycles. The lowest BCUT2D eigenvalue weighted by molar-refractivity contribution is 0.0697. The summed E-state index contributed by atoms with van der Waals surface area (Å²) < 4.78 is 1.77. The van der Waals surface area contributed by atoms with Crippen molar-refractivity contribution in [1.82, 2.24) is 9.55 Å². The van der Waals surface area contributed by atoms with Crippen LogP contribution in [0.3, 0.4) is 0 Å². The fourth-order valence-corrected chi connectivity index (χ4v) is 1.65. The van der Waals surface area contributed by atoms with Gasteiger partial charge >= 0.3 is 5.97 Å². The second kappa shape index (κ2) is 3.81. The molecule has 0 aliphatic carbocycles. The van der Waals surface area contributed by atoms with Crippen LogP contribution in [0.25, 0.3) is 5.69 Å². The number of carboxylic acid groups (broad SMARTS) is 1. The summed E-state index contributed by atoms with van der Waals surface area (Å²) >= 11 is 0. The second-order valence-corrected chi connectivity index (χ2v) is 3.67. The predicted octanol–water partition coefficient (Wildman–Crippen LogP) is 2.19. The number of aromatic nitrogens is 2. The number of imidazole rings is 1. The second-order valence-electron chi connectivity index (χ2n) is 3.67. The molecule has 1 heterocycles. The van der Waals surface area contributed by atoms with Crippen molar-refractivity contribution in [3.05, 3.63) is 47.5 Å². The van der Waals surface area contributed by atoms with E-state index >= 15 is 0 Å². The quantitative estimate of drug-likeness (QED) is 0.837. The third-order valence-electron chi connectivity index (χ3n) is 2.47. The van der Waals surface area contributed by atoms with Gasteiger partial charge in [0.2, 0.25) is 0 Å². The van der Waals surface area contributed by atoms with Crippen LogP contribution < -0.4 is 0 Å². The molecule has 1 N–H and O–H groups in total. The largest absolute Gasteiger partial charge is 0.478 e. The van der Waals surface area contributed by atoms with Gasteiger partial charge in [0.25, 0.3) is 0 Å². The molecular weight excluding hydrogens is 204 g/mol. The minimum Gasteiger partial charge on any atom is -0.478 e. The van der Waals surface area contributed by atoms with Crippen LogP contribution in [0.5, 0.6) is 0 Å². The van der Waals surface area contributed by atoms with Gasteiger partial charge in [0.15, 0.2) is 0 Å². The van der Waals surface area contributed by atoms with Crippen molar-refractivity contribution >= 4 is 5.97 Å². The molecule has 0 aliphatic rings. The maximum Gasteiger partial charge on any atom is 0.337 e. The van der Waals surface area contributed by atoms with E-state index in [1.165, 1.54) is 0 Å². The molecule has 82 valence electrons. The van der Waals surface area contributed by atoms with E-state index in [1.807, 2.05) is 19.9 Å². The van der Waals surface area contributed by atoms with E-state index in [2.05, 4.69) is 4.98 Å². The third kappa shape index (κ3) is 1.69. The van der Waals surface area contributed by atoms with Crippen LogP contribution in [0.4, 0.5) is 0 Å². The first-order chi connectivity index (χ1) is 7.59. The third-order valence-corrected chi connectivity index (χ3v) is 2.47. The molecule has 0 fully saturated rings. The summed E-state index contributed by atoms with van der Waals surface area (Å²) in [5, 5.41) is 9.11. The monoisotopic (exact) mass is 216 g/mol. The zero-order chi connectivity index (χ0) is 11.7. The van der Waals surface area contributed by atoms with Gasteiger partial charge in [0.1, 0.15) is 5.82 Å². The van der Waals surface area contributed by atoms with E-state index in [-0.39, 0.29) is 5.56 Å². The van der Waals surface area contributed by atoms with E-state index in [0.29, 0.717) is 5.69 Å². The average molecular weight is 216 g/mol. The molecule has 0 unspecified atom stereocenters. The van der Waals surface area contributed by atoms with E-state index in [9.17, 15) is 4.79 Å². The average Bonchev–Trinajstić information content (AvgIpc) is 2.63. The summed E-state index contributed by atoms with van der Waals surface area (Å²) in [4.78, 5) is 15.2. The van der Waals surface area contributed by atoms with Crippen LogP contribution in [-0.2, 0) is 0 Å². The highest BCUT2D eigenvalue weighted by molar-refractivity contribution is 5.92. The Morgan fingerprint density at radius 1 is 1.38 bits per heavy atom. The molecule has 0 radical (unpaired) electrons. The Bertz CT molecular complexity index is 544. The van der Waals surface area contributed by atoms with Gasteiger partial charge in [0, 0.05) is 12.4 Å². The van der Waals surface area contributed by atoms with Crippen LogP contribution in [0.2, 0.25) is 0 Å². The number of nitrogens with zero attached hydrogens (tertiary/aromatic N) is 2. The lowest BCUT2D eigenvalue weighted by Gasteiger charge is -2.09. The van der Waals surface area contributed by atoms with Gasteiger partial charge in [-0.05, 0) is 31.5 Å². The summed E-state index contributed by atoms with van der Waals surface area (Å²) in [6.07, 6.45) is 3.42. The minimum atomic E-state index is -0.928. The van der Waals surface area contributed by atoms with Crippen LogP contribution in [-0.4, -0.2) is 20.6 Å². The Balaban J connectivity index is 2.67. The zero-order valence-corrected chi connectivity index (χ0v) is 9.14. The Hall–Kier alpha value is -2.10. The fraction of sp³-hybridized carbons (Fsp3) is 0.167. The summed E-state index contributed by atoms with van der Waals surface area (Å²) in [6.45, 7) is 3.77. The number of hydrogen-bond donors (Lipinski definition) is 1. The van der Waals surface area contributed by atoms with Gasteiger partial charge in [0.05, 0.1) is 11.3 Å². The van der Waals surface area contributed by atoms with E-state index in [4.69, 9.17) is 5.11 Å². The molecule has 1 aromatic carbocycles. The molecule has 0 spiro atoms. The first-order valence-electron chi connectivity index (χ1n) is 4.94. The van der Waals surface area contributed by atoms with Gasteiger partial charge in [-0.15, -0.1) is 0 Å². The lowest BCUT2D eigenvalue weighted by atomic mass is 10.1. The normalized spacial score (nSPS) is 10.4. The highest BCUT2D eigenvalue weighted by Gasteiger charge is 2.12. The molecule has 2 aromatic rings. The van der Waals surface area contributed by atoms with Crippen molar-refractivity contribution in [3.8, 4) is 5.69 Å². The van der Waals surface area contributed by atoms with Crippen molar-refractivity contribution in [2.24, 2.45) is 0 Å². The molecule has 0 amide bonds. The van der Waals surface area contributed by atoms with Crippen LogP contribution in [0, 0.1) is 13.8 Å². The Morgan fingerprint density at radius 3 is 2.69 bits per heavy atom. The lowest BCUT2D eigenvalue weighted by Crippen LogP contribution is -2.06. The first kappa shape index (κ1) is 10.4. The molecule has 2 rings (SSSR count). The zero-order valence-electron chi connectivity index (χ0n) is 9.14. The van der Waals surface area contributed by atoms with E-state index in [1.54, 1.807) is 29.1 Å². The number of aromatic carboxylic acids is 1. The smallest absolute Gasteiger partial charge is 0.337 e. The molecular formula is C12H12N2O2. The summed E-state index contributed by atoms with van der Waals surface area (Å²) in [6, 6.07) is 5.25. The van der Waals surface area contributed by atoms with Crippen molar-refractivity contribution in [2.75, 3.05) is 0 Å². The SMILES string of the molecule is Cc1ccc(C(=O)O)c(-n2ccnc2C)c1. The predicted molar refractivity (Wildman–Crippen MR) is 60.0 cm³/mol. The molecule has 4 heteroatoms. The Kier molecular flexibility index (Phi) is 2.48. The first-order valence-corrected chi connectivity index (χ1v) is 4.94. The van der Waals surface area contributed by atoms with Crippen LogP contribution in [0.1, 0.15) is 21.7 Å². The van der Waals surface area contributed by atoms with Crippen LogP contribution >= 0.6 is 0 Å². The molecule has 0 saturated carbocycles. The molecule has 0 bridgehead atoms. The molecule has 4 nitrogen and oxygen atoms in total. The number of aryl methyl sites for hydroxylation is 2. The maximum atomic E-state index is 11.1. The van der Waals surface area contributed by atoms with Gasteiger partial charge in [-0.1, -0.05) is 6.07 Å². The highest BCUT2D eigenvalue weighted by atomic mass is 16.4. The summed E-state index contributed by atoms with van der Waals surface area (Å²) in [7, 11) is 0. The maximum absolute atomic E-state index is 11.1. The molecule has 0 aliphatic heterocycles. The fourth-order valence-electron chi connectivity index (χ4n) is 1.65. The number of carboxylic acids is 1. The van der Waals surface area contributed by atoms with Gasteiger partial charge in [-0.25, -0.2) is 9.78 Å². The molecule has 1 aromatic heterocycles. The van der Waals surface area contributed by atoms with Crippen LogP contribution in [0.15, 0.2) is 30.6 Å². The van der Waals surface area contributed by atoms with E-state index in [0.717, 1.165) is 11.4 Å². The number of hydrogen-bond acceptors (Lipinski definition) is 2. The van der Waals surface area contributed by atoms with Crippen molar-refractivity contribution in [2.45, 2.75) is 13.8 Å². The van der Waals surface area contributed by atoms with Crippen molar-refractivity contribution < 1.29 is 9.90 Å². The minimum absolute atomic E-state index is 0.284. The molecule has 0 atom stereocenters. The van der Waals surface area contributed by atoms with Crippen molar-refractivity contribution in [3.63, 3.8) is 0 Å². The van der Waals surface area contributed by atoms with Crippen molar-refractivity contribution in [1.29, 1.82) is 0 Å². The molecule has 16 heavy (non-hydrogen) atoms. The number of carbonyl (C=O) groups is 1. The van der Waals surface area contributed by atoms with Gasteiger partial charge in [-0.2, -0.15) is 0 Å². The van der Waals surface area contributed by atoms with Gasteiger partial charge in [-0.3, -0.25) is 0 Å². The highest BCUT2D eigenvalue weighted by Crippen LogP contribution is 2.18. The summed E-state index contributed by atoms with van der Waals surface area (Å²) in [5.74, 6) is -0.156. The van der Waals surface area contributed by atoms with E-state index < -0.39 is 5.97 Å². The standard InChI is InChI=1S/C12H12N2O2/c1-8-3-4-10(12(15)16)11(7-8)14-6-5-13-9(14)2/h3-7H,1-2H3,(H,15,16). The summed E-state index contributed by atoms with van der Waals surface area (Å²) in [5.41, 5.74) is 1.96. The van der Waals surface area contributed by atoms with Gasteiger partial charge < -0.3 is 9.67 Å². The number of rotatable bonds is 2. The number of benzene rings is 1. The Labute approximate surface area is 93.2 Å². The topological polar surface area (TPSA) is 55.1 Å².